The molecule has 9 heavy (non-hydrogen) atoms. The van der Waals surface area contributed by atoms with E-state index >= 15 is 0 Å². The Balaban J connectivity index is 4.28. The molecule has 0 heterocycles. The third-order valence-corrected chi connectivity index (χ3v) is 2.39. The van der Waals surface area contributed by atoms with Gasteiger partial charge in [0.2, 0.25) is 0 Å². The van der Waals surface area contributed by atoms with Crippen LogP contribution in [-0.2, 0) is 0 Å². The first-order valence-electron chi connectivity index (χ1n) is 2.97. The van der Waals surface area contributed by atoms with Crippen molar-refractivity contribution in [3.05, 3.63) is 22.6 Å². The molecule has 0 amide bonds. The van der Waals surface area contributed by atoms with Crippen molar-refractivity contribution in [3.8, 4) is 0 Å². The maximum Gasteiger partial charge on any atom is -0.0140 e. The van der Waals surface area contributed by atoms with Crippen LogP contribution in [0.5, 0.6) is 0 Å². The van der Waals surface area contributed by atoms with E-state index in [1.165, 1.54) is 16.1 Å². The maximum atomic E-state index is 3.85. The van der Waals surface area contributed by atoms with Crippen LogP contribution in [0.4, 0.5) is 0 Å². The molecule has 0 saturated carbocycles. The highest BCUT2D eigenvalue weighted by Crippen LogP contribution is 2.19. The molecule has 0 radical (unpaired) electrons. The molecule has 52 valence electrons. The molecule has 0 rings (SSSR count). The average Bonchev–Trinajstić information content (AvgIpc) is 1.84. The second-order valence-corrected chi connectivity index (χ2v) is 3.19. The van der Waals surface area contributed by atoms with Crippen molar-refractivity contribution < 1.29 is 0 Å². The second kappa shape index (κ2) is 3.78. The molecule has 0 nitrogen and oxygen atoms in total. The normalized spacial score (nSPS) is 12.9. The average molecular weight is 142 g/mol. The summed E-state index contributed by atoms with van der Waals surface area (Å²) in [6, 6.07) is 0. The summed E-state index contributed by atoms with van der Waals surface area (Å²) in [4.78, 5) is 1.36. The first-order chi connectivity index (χ1) is 4.09. The van der Waals surface area contributed by atoms with E-state index in [9.17, 15) is 0 Å². The lowest BCUT2D eigenvalue weighted by atomic mass is 10.1. The summed E-state index contributed by atoms with van der Waals surface area (Å²) in [5.74, 6) is 0. The Morgan fingerprint density at radius 1 is 1.22 bits per heavy atom. The predicted molar refractivity (Wildman–Crippen MR) is 46.7 cm³/mol. The molecule has 0 bridgehead atoms. The maximum absolute atomic E-state index is 3.85. The van der Waals surface area contributed by atoms with Gasteiger partial charge in [0.05, 0.1) is 0 Å². The number of allylic oxidation sites excluding steroid dienone is 3. The predicted octanol–water partition coefficient (Wildman–Crippen LogP) is 3.22. The Kier molecular flexibility index (Phi) is 3.71. The van der Waals surface area contributed by atoms with Gasteiger partial charge in [-0.25, -0.2) is 0 Å². The van der Waals surface area contributed by atoms with E-state index in [4.69, 9.17) is 0 Å². The molecule has 0 aliphatic carbocycles. The summed E-state index contributed by atoms with van der Waals surface area (Å²) in [6.45, 7) is 10.1. The van der Waals surface area contributed by atoms with Crippen LogP contribution in [0.15, 0.2) is 22.6 Å². The highest BCUT2D eigenvalue weighted by Gasteiger charge is 1.93. The zero-order valence-electron chi connectivity index (χ0n) is 6.62. The van der Waals surface area contributed by atoms with Crippen LogP contribution in [0.3, 0.4) is 0 Å². The molecule has 0 aromatic carbocycles. The Morgan fingerprint density at radius 2 is 1.67 bits per heavy atom. The van der Waals surface area contributed by atoms with Crippen molar-refractivity contribution in [2.45, 2.75) is 20.8 Å². The van der Waals surface area contributed by atoms with Crippen molar-refractivity contribution in [2.24, 2.45) is 0 Å². The Labute approximate surface area is 62.0 Å². The van der Waals surface area contributed by atoms with Gasteiger partial charge in [-0.05, 0) is 37.5 Å². The first-order valence-corrected chi connectivity index (χ1v) is 4.19. The van der Waals surface area contributed by atoms with E-state index in [1.54, 1.807) is 11.8 Å². The minimum atomic E-state index is 1.17. The van der Waals surface area contributed by atoms with Gasteiger partial charge in [-0.2, -0.15) is 0 Å². The van der Waals surface area contributed by atoms with E-state index in [0.717, 1.165) is 0 Å². The lowest BCUT2D eigenvalue weighted by Crippen LogP contribution is -1.79. The Bertz CT molecular complexity index is 143. The summed E-state index contributed by atoms with van der Waals surface area (Å²) < 4.78 is 0. The standard InChI is InChI=1S/C8H14S/c1-6(2)7(3)8(4)9-5/h1H2,2-5H3/b8-7+. The molecule has 0 saturated heterocycles. The van der Waals surface area contributed by atoms with E-state index < -0.39 is 0 Å². The van der Waals surface area contributed by atoms with Gasteiger partial charge in [-0.15, -0.1) is 11.8 Å². The molecular weight excluding hydrogens is 128 g/mol. The summed E-state index contributed by atoms with van der Waals surface area (Å²) in [5, 5.41) is 0. The Hall–Kier alpha value is -0.170. The highest BCUT2D eigenvalue weighted by molar-refractivity contribution is 8.02. The summed E-state index contributed by atoms with van der Waals surface area (Å²) >= 11 is 1.78. The van der Waals surface area contributed by atoms with Crippen molar-refractivity contribution in [1.29, 1.82) is 0 Å². The van der Waals surface area contributed by atoms with E-state index in [1.807, 2.05) is 6.92 Å². The number of thioether (sulfide) groups is 1. The fraction of sp³-hybridized carbons (Fsp3) is 0.500. The van der Waals surface area contributed by atoms with Crippen molar-refractivity contribution in [2.75, 3.05) is 6.26 Å². The molecule has 0 fully saturated rings. The number of rotatable bonds is 2. The van der Waals surface area contributed by atoms with Crippen LogP contribution in [-0.4, -0.2) is 6.26 Å². The molecule has 0 aromatic rings. The fourth-order valence-corrected chi connectivity index (χ4v) is 0.934. The van der Waals surface area contributed by atoms with Crippen LogP contribution in [0.2, 0.25) is 0 Å². The minimum Gasteiger partial charge on any atom is -0.134 e. The van der Waals surface area contributed by atoms with Gasteiger partial charge in [-0.3, -0.25) is 0 Å². The van der Waals surface area contributed by atoms with Gasteiger partial charge in [0.25, 0.3) is 0 Å². The zero-order valence-corrected chi connectivity index (χ0v) is 7.43. The van der Waals surface area contributed by atoms with E-state index in [2.05, 4.69) is 26.7 Å². The van der Waals surface area contributed by atoms with Crippen molar-refractivity contribution >= 4 is 11.8 Å². The van der Waals surface area contributed by atoms with Crippen LogP contribution in [0.1, 0.15) is 20.8 Å². The number of hydrogen-bond acceptors (Lipinski definition) is 1. The summed E-state index contributed by atoms with van der Waals surface area (Å²) in [7, 11) is 0. The zero-order chi connectivity index (χ0) is 7.44. The Morgan fingerprint density at radius 3 is 1.78 bits per heavy atom. The van der Waals surface area contributed by atoms with Crippen LogP contribution in [0, 0.1) is 0 Å². The van der Waals surface area contributed by atoms with Crippen molar-refractivity contribution in [3.63, 3.8) is 0 Å². The lowest BCUT2D eigenvalue weighted by Gasteiger charge is -2.02. The highest BCUT2D eigenvalue weighted by atomic mass is 32.2. The first kappa shape index (κ1) is 8.83. The molecule has 0 aliphatic rings. The molecule has 0 atom stereocenters. The minimum absolute atomic E-state index is 1.17. The van der Waals surface area contributed by atoms with Gasteiger partial charge < -0.3 is 0 Å². The van der Waals surface area contributed by atoms with Crippen LogP contribution in [0.25, 0.3) is 0 Å². The molecule has 0 spiro atoms. The van der Waals surface area contributed by atoms with Gasteiger partial charge in [0, 0.05) is 0 Å². The van der Waals surface area contributed by atoms with Gasteiger partial charge >= 0.3 is 0 Å². The molecule has 0 aromatic heterocycles. The molecule has 1 heteroatoms. The summed E-state index contributed by atoms with van der Waals surface area (Å²) in [5.41, 5.74) is 2.49. The second-order valence-electron chi connectivity index (χ2n) is 2.17. The molecule has 0 unspecified atom stereocenters. The third-order valence-electron chi connectivity index (χ3n) is 1.47. The van der Waals surface area contributed by atoms with Gasteiger partial charge in [-0.1, -0.05) is 12.2 Å². The number of hydrogen-bond donors (Lipinski definition) is 0. The van der Waals surface area contributed by atoms with Gasteiger partial charge in [0.15, 0.2) is 0 Å². The van der Waals surface area contributed by atoms with E-state index in [-0.39, 0.29) is 0 Å². The fourth-order valence-electron chi connectivity index (χ4n) is 0.454. The molecule has 0 N–H and O–H groups in total. The topological polar surface area (TPSA) is 0 Å². The van der Waals surface area contributed by atoms with Crippen LogP contribution >= 0.6 is 11.8 Å². The van der Waals surface area contributed by atoms with Crippen LogP contribution < -0.4 is 0 Å². The monoisotopic (exact) mass is 142 g/mol. The summed E-state index contributed by atoms with van der Waals surface area (Å²) in [6.07, 6.45) is 2.09. The molecular formula is C8H14S. The molecule has 0 aliphatic heterocycles. The lowest BCUT2D eigenvalue weighted by molar-refractivity contribution is 1.33. The van der Waals surface area contributed by atoms with Gasteiger partial charge in [0.1, 0.15) is 0 Å². The quantitative estimate of drug-likeness (QED) is 0.533. The smallest absolute Gasteiger partial charge is 0.0140 e. The largest absolute Gasteiger partial charge is 0.134 e. The third kappa shape index (κ3) is 2.75. The van der Waals surface area contributed by atoms with Crippen molar-refractivity contribution in [1.82, 2.24) is 0 Å². The SMILES string of the molecule is C=C(C)/C(C)=C(\C)SC. The van der Waals surface area contributed by atoms with E-state index in [0.29, 0.717) is 0 Å².